The van der Waals surface area contributed by atoms with Crippen LogP contribution in [0.3, 0.4) is 0 Å². The maximum Gasteiger partial charge on any atom is 0.367 e. The van der Waals surface area contributed by atoms with Crippen molar-refractivity contribution in [2.75, 3.05) is 13.2 Å². The van der Waals surface area contributed by atoms with Gasteiger partial charge in [-0.15, -0.1) is 0 Å². The van der Waals surface area contributed by atoms with Gasteiger partial charge in [0.15, 0.2) is 0 Å². The zero-order valence-corrected chi connectivity index (χ0v) is 9.10. The van der Waals surface area contributed by atoms with Crippen molar-refractivity contribution in [1.82, 2.24) is 0 Å². The average Bonchev–Trinajstić information content (AvgIpc) is 2.05. The predicted octanol–water partition coefficient (Wildman–Crippen LogP) is 2.43. The van der Waals surface area contributed by atoms with E-state index in [1.54, 1.807) is 6.92 Å². The number of aliphatic hydroxyl groups is 1. The van der Waals surface area contributed by atoms with Crippen LogP contribution in [0, 0.1) is 0 Å². The molecule has 0 aliphatic carbocycles. The molecular formula is C9H18O3S. The van der Waals surface area contributed by atoms with Crippen LogP contribution in [0.5, 0.6) is 0 Å². The Bertz CT molecular complexity index is 133. The molecule has 1 N–H and O–H groups in total. The summed E-state index contributed by atoms with van der Waals surface area (Å²) in [7, 11) is 0. The van der Waals surface area contributed by atoms with E-state index in [2.05, 4.69) is 6.92 Å². The highest BCUT2D eigenvalue weighted by atomic mass is 32.2. The van der Waals surface area contributed by atoms with Crippen LogP contribution < -0.4 is 0 Å². The van der Waals surface area contributed by atoms with Crippen molar-refractivity contribution in [2.24, 2.45) is 0 Å². The summed E-state index contributed by atoms with van der Waals surface area (Å²) < 4.78 is 4.81. The first kappa shape index (κ1) is 12.8. The second kappa shape index (κ2) is 8.38. The molecule has 0 fully saturated rings. The monoisotopic (exact) mass is 206 g/mol. The maximum absolute atomic E-state index is 11.1. The molecule has 13 heavy (non-hydrogen) atoms. The number of thioether (sulfide) groups is 1. The molecule has 0 heterocycles. The smallest absolute Gasteiger partial charge is 0.367 e. The number of rotatable bonds is 6. The van der Waals surface area contributed by atoms with Crippen molar-refractivity contribution in [3.8, 4) is 0 Å². The van der Waals surface area contributed by atoms with Crippen molar-refractivity contribution in [3.63, 3.8) is 0 Å². The van der Waals surface area contributed by atoms with Gasteiger partial charge in [-0.25, -0.2) is 4.79 Å². The summed E-state index contributed by atoms with van der Waals surface area (Å²) in [6.07, 6.45) is 2.64. The molecular weight excluding hydrogens is 188 g/mol. The third kappa shape index (κ3) is 6.90. The fraction of sp³-hybridized carbons (Fsp3) is 0.889. The summed E-state index contributed by atoms with van der Waals surface area (Å²) in [6, 6.07) is 0. The zero-order chi connectivity index (χ0) is 10.1. The van der Waals surface area contributed by atoms with Crippen LogP contribution in [-0.4, -0.2) is 28.9 Å². The van der Waals surface area contributed by atoms with Gasteiger partial charge in [0, 0.05) is 11.9 Å². The number of hydrogen-bond donors (Lipinski definition) is 1. The van der Waals surface area contributed by atoms with Crippen molar-refractivity contribution in [2.45, 2.75) is 38.4 Å². The minimum absolute atomic E-state index is 0.136. The summed E-state index contributed by atoms with van der Waals surface area (Å²) in [5, 5.41) is 8.72. The number of ether oxygens (including phenoxy) is 1. The Labute approximate surface area is 83.9 Å². The lowest BCUT2D eigenvalue weighted by molar-refractivity contribution is 0.181. The molecule has 0 aromatic heterocycles. The Hall–Kier alpha value is -0.220. The van der Waals surface area contributed by atoms with Gasteiger partial charge in [-0.2, -0.15) is 0 Å². The molecule has 0 amide bonds. The van der Waals surface area contributed by atoms with Gasteiger partial charge in [0.1, 0.15) is 0 Å². The zero-order valence-electron chi connectivity index (χ0n) is 8.28. The van der Waals surface area contributed by atoms with Crippen LogP contribution in [0.4, 0.5) is 4.79 Å². The van der Waals surface area contributed by atoms with E-state index in [-0.39, 0.29) is 17.2 Å². The van der Waals surface area contributed by atoms with Crippen LogP contribution in [0.15, 0.2) is 0 Å². The second-order valence-electron chi connectivity index (χ2n) is 2.72. The number of carbonyl (C=O) groups is 1. The van der Waals surface area contributed by atoms with Crippen molar-refractivity contribution in [3.05, 3.63) is 0 Å². The van der Waals surface area contributed by atoms with Crippen molar-refractivity contribution >= 4 is 17.1 Å². The van der Waals surface area contributed by atoms with E-state index in [1.165, 1.54) is 11.8 Å². The van der Waals surface area contributed by atoms with Gasteiger partial charge in [-0.1, -0.05) is 13.3 Å². The van der Waals surface area contributed by atoms with Gasteiger partial charge in [-0.3, -0.25) is 0 Å². The third-order valence-corrected chi connectivity index (χ3v) is 2.70. The van der Waals surface area contributed by atoms with E-state index in [1.807, 2.05) is 0 Å². The van der Waals surface area contributed by atoms with Gasteiger partial charge in [0.05, 0.1) is 6.61 Å². The Balaban J connectivity index is 3.71. The fourth-order valence-electron chi connectivity index (χ4n) is 1.02. The van der Waals surface area contributed by atoms with Crippen LogP contribution in [0.25, 0.3) is 0 Å². The summed E-state index contributed by atoms with van der Waals surface area (Å²) >= 11 is 1.20. The van der Waals surface area contributed by atoms with Crippen molar-refractivity contribution in [1.29, 1.82) is 0 Å². The number of aliphatic hydroxyl groups excluding tert-OH is 1. The van der Waals surface area contributed by atoms with Crippen LogP contribution in [0.1, 0.15) is 33.1 Å². The van der Waals surface area contributed by atoms with Crippen LogP contribution >= 0.6 is 11.8 Å². The molecule has 0 bridgehead atoms. The van der Waals surface area contributed by atoms with Gasteiger partial charge in [0.25, 0.3) is 0 Å². The molecule has 0 aromatic carbocycles. The first-order chi connectivity index (χ1) is 6.24. The molecule has 0 saturated carbocycles. The molecule has 0 spiro atoms. The van der Waals surface area contributed by atoms with E-state index >= 15 is 0 Å². The third-order valence-electron chi connectivity index (χ3n) is 1.59. The Morgan fingerprint density at radius 2 is 2.15 bits per heavy atom. The highest BCUT2D eigenvalue weighted by Gasteiger charge is 2.13. The molecule has 78 valence electrons. The van der Waals surface area contributed by atoms with Crippen molar-refractivity contribution < 1.29 is 14.6 Å². The van der Waals surface area contributed by atoms with Crippen LogP contribution in [-0.2, 0) is 4.74 Å². The SMILES string of the molecule is CCC[C@@H](CCO)SC(=O)OCC. The Morgan fingerprint density at radius 1 is 1.46 bits per heavy atom. The van der Waals surface area contributed by atoms with Crippen LogP contribution in [0.2, 0.25) is 0 Å². The Morgan fingerprint density at radius 3 is 2.62 bits per heavy atom. The average molecular weight is 206 g/mol. The topological polar surface area (TPSA) is 46.5 Å². The largest absolute Gasteiger partial charge is 0.458 e. The summed E-state index contributed by atoms with van der Waals surface area (Å²) in [5.41, 5.74) is 0. The molecule has 0 unspecified atom stereocenters. The molecule has 3 nitrogen and oxygen atoms in total. The fourth-order valence-corrected chi connectivity index (χ4v) is 2.05. The molecule has 4 heteroatoms. The molecule has 0 rings (SSSR count). The number of hydrogen-bond acceptors (Lipinski definition) is 4. The van der Waals surface area contributed by atoms with E-state index in [0.29, 0.717) is 13.0 Å². The van der Waals surface area contributed by atoms with Gasteiger partial charge in [0.2, 0.25) is 0 Å². The summed E-state index contributed by atoms with van der Waals surface area (Å²) in [5.74, 6) is 0. The lowest BCUT2D eigenvalue weighted by atomic mass is 10.2. The quantitative estimate of drug-likeness (QED) is 0.678. The normalized spacial score (nSPS) is 12.5. The molecule has 0 aromatic rings. The highest BCUT2D eigenvalue weighted by Crippen LogP contribution is 2.21. The van der Waals surface area contributed by atoms with Gasteiger partial charge < -0.3 is 9.84 Å². The molecule has 0 aliphatic heterocycles. The minimum atomic E-state index is -0.227. The lowest BCUT2D eigenvalue weighted by Gasteiger charge is -2.12. The maximum atomic E-state index is 11.1. The van der Waals surface area contributed by atoms with E-state index in [4.69, 9.17) is 9.84 Å². The highest BCUT2D eigenvalue weighted by molar-refractivity contribution is 8.13. The standard InChI is InChI=1S/C9H18O3S/c1-3-5-8(6-7-10)13-9(11)12-4-2/h8,10H,3-7H2,1-2H3/t8-/m0/s1. The van der Waals surface area contributed by atoms with Gasteiger partial charge >= 0.3 is 5.30 Å². The minimum Gasteiger partial charge on any atom is -0.458 e. The van der Waals surface area contributed by atoms with E-state index < -0.39 is 0 Å². The molecule has 0 saturated heterocycles. The first-order valence-electron chi connectivity index (χ1n) is 4.68. The molecule has 0 radical (unpaired) electrons. The number of carbonyl (C=O) groups excluding carboxylic acids is 1. The van der Waals surface area contributed by atoms with E-state index in [0.717, 1.165) is 12.8 Å². The molecule has 1 atom stereocenters. The first-order valence-corrected chi connectivity index (χ1v) is 5.56. The van der Waals surface area contributed by atoms with Gasteiger partial charge in [-0.05, 0) is 31.5 Å². The van der Waals surface area contributed by atoms with E-state index in [9.17, 15) is 4.79 Å². The summed E-state index contributed by atoms with van der Waals surface area (Å²) in [6.45, 7) is 4.41. The molecule has 0 aliphatic rings. The second-order valence-corrected chi connectivity index (χ2v) is 3.96. The predicted molar refractivity (Wildman–Crippen MR) is 55.0 cm³/mol. The summed E-state index contributed by atoms with van der Waals surface area (Å²) in [4.78, 5) is 11.1. The lowest BCUT2D eigenvalue weighted by Crippen LogP contribution is -2.09. The Kier molecular flexibility index (Phi) is 8.24.